The predicted octanol–water partition coefficient (Wildman–Crippen LogP) is 1.71. The van der Waals surface area contributed by atoms with Gasteiger partial charge in [-0.25, -0.2) is 0 Å². The van der Waals surface area contributed by atoms with Gasteiger partial charge in [0.1, 0.15) is 0 Å². The van der Waals surface area contributed by atoms with Crippen LogP contribution in [0.2, 0.25) is 0 Å². The second-order valence-corrected chi connectivity index (χ2v) is 5.55. The Morgan fingerprint density at radius 2 is 2.08 bits per heavy atom. The first-order chi connectivity index (χ1) is 5.89. The van der Waals surface area contributed by atoms with Gasteiger partial charge < -0.3 is 10.2 Å². The molecule has 0 aromatic carbocycles. The fourth-order valence-electron chi connectivity index (χ4n) is 2.46. The molecule has 0 amide bonds. The van der Waals surface area contributed by atoms with Crippen LogP contribution in [0, 0.1) is 5.92 Å². The quantitative estimate of drug-likeness (QED) is 0.703. The highest BCUT2D eigenvalue weighted by molar-refractivity contribution is 4.91. The lowest BCUT2D eigenvalue weighted by Crippen LogP contribution is -2.61. The molecule has 1 N–H and O–H groups in total. The van der Waals surface area contributed by atoms with E-state index < -0.39 is 0 Å². The number of hydrogen-bond acceptors (Lipinski definition) is 2. The Morgan fingerprint density at radius 3 is 2.54 bits per heavy atom. The molecule has 0 aromatic heterocycles. The maximum atomic E-state index is 3.71. The lowest BCUT2D eigenvalue weighted by Gasteiger charge is -2.43. The molecular formula is C11H24N2. The molecule has 1 rings (SSSR count). The van der Waals surface area contributed by atoms with Crippen LogP contribution in [-0.2, 0) is 0 Å². The van der Waals surface area contributed by atoms with Gasteiger partial charge >= 0.3 is 0 Å². The van der Waals surface area contributed by atoms with Gasteiger partial charge in [-0.3, -0.25) is 0 Å². The minimum absolute atomic E-state index is 0.284. The van der Waals surface area contributed by atoms with E-state index >= 15 is 0 Å². The molecule has 0 aromatic rings. The highest BCUT2D eigenvalue weighted by Crippen LogP contribution is 2.16. The van der Waals surface area contributed by atoms with E-state index in [9.17, 15) is 0 Å². The Hall–Kier alpha value is -0.0800. The first-order valence-corrected chi connectivity index (χ1v) is 5.35. The zero-order valence-corrected chi connectivity index (χ0v) is 9.72. The fraction of sp³-hybridized carbons (Fsp3) is 1.00. The summed E-state index contributed by atoms with van der Waals surface area (Å²) < 4.78 is 0. The zero-order valence-electron chi connectivity index (χ0n) is 9.72. The third kappa shape index (κ3) is 3.65. The number of nitrogens with zero attached hydrogens (tertiary/aromatic N) is 1. The molecule has 0 radical (unpaired) electrons. The van der Waals surface area contributed by atoms with Gasteiger partial charge in [0, 0.05) is 24.7 Å². The third-order valence-corrected chi connectivity index (χ3v) is 2.55. The van der Waals surface area contributed by atoms with Crippen molar-refractivity contribution in [2.75, 3.05) is 20.1 Å². The van der Waals surface area contributed by atoms with Gasteiger partial charge in [0.15, 0.2) is 0 Å². The summed E-state index contributed by atoms with van der Waals surface area (Å²) in [5, 5.41) is 3.71. The molecule has 0 saturated carbocycles. The van der Waals surface area contributed by atoms with Gasteiger partial charge in [0.05, 0.1) is 0 Å². The number of piperazine rings is 1. The van der Waals surface area contributed by atoms with Crippen molar-refractivity contribution >= 4 is 0 Å². The molecule has 1 fully saturated rings. The molecule has 0 spiro atoms. The van der Waals surface area contributed by atoms with Crippen LogP contribution in [0.5, 0.6) is 0 Å². The van der Waals surface area contributed by atoms with Crippen LogP contribution in [-0.4, -0.2) is 36.6 Å². The fourth-order valence-corrected chi connectivity index (χ4v) is 2.46. The summed E-state index contributed by atoms with van der Waals surface area (Å²) in [5.41, 5.74) is 0.284. The molecule has 0 bridgehead atoms. The van der Waals surface area contributed by atoms with Gasteiger partial charge in [-0.05, 0) is 33.2 Å². The summed E-state index contributed by atoms with van der Waals surface area (Å²) >= 11 is 0. The van der Waals surface area contributed by atoms with E-state index in [2.05, 4.69) is 45.0 Å². The Balaban J connectivity index is 2.48. The second-order valence-electron chi connectivity index (χ2n) is 5.55. The Labute approximate surface area is 82.7 Å². The number of hydrogen-bond donors (Lipinski definition) is 1. The molecule has 0 aliphatic carbocycles. The first kappa shape index (κ1) is 11.0. The van der Waals surface area contributed by atoms with Gasteiger partial charge in [0.2, 0.25) is 0 Å². The van der Waals surface area contributed by atoms with E-state index in [0.717, 1.165) is 12.5 Å². The summed E-state index contributed by atoms with van der Waals surface area (Å²) in [4.78, 5) is 2.43. The topological polar surface area (TPSA) is 15.3 Å². The zero-order chi connectivity index (χ0) is 10.1. The molecule has 1 unspecified atom stereocenters. The second kappa shape index (κ2) is 3.97. The molecule has 1 aliphatic rings. The summed E-state index contributed by atoms with van der Waals surface area (Å²) in [6, 6.07) is 0.675. The largest absolute Gasteiger partial charge is 0.306 e. The van der Waals surface area contributed by atoms with Gasteiger partial charge in [-0.15, -0.1) is 0 Å². The summed E-state index contributed by atoms with van der Waals surface area (Å²) in [6.45, 7) is 11.5. The summed E-state index contributed by atoms with van der Waals surface area (Å²) in [6.07, 6.45) is 1.29. The highest BCUT2D eigenvalue weighted by Gasteiger charge is 2.29. The monoisotopic (exact) mass is 184 g/mol. The Morgan fingerprint density at radius 1 is 1.46 bits per heavy atom. The molecule has 2 nitrogen and oxygen atoms in total. The molecule has 1 heterocycles. The molecule has 1 saturated heterocycles. The van der Waals surface area contributed by atoms with Crippen molar-refractivity contribution in [1.29, 1.82) is 0 Å². The Bertz CT molecular complexity index is 161. The van der Waals surface area contributed by atoms with Crippen molar-refractivity contribution in [2.24, 2.45) is 5.92 Å². The van der Waals surface area contributed by atoms with Gasteiger partial charge in [0.25, 0.3) is 0 Å². The van der Waals surface area contributed by atoms with E-state index in [1.165, 1.54) is 13.0 Å². The number of likely N-dealkylation sites (N-methyl/N-ethyl adjacent to an activating group) is 1. The number of nitrogens with one attached hydrogen (secondary N) is 1. The minimum atomic E-state index is 0.284. The minimum Gasteiger partial charge on any atom is -0.306 e. The van der Waals surface area contributed by atoms with Crippen LogP contribution in [0.1, 0.15) is 34.1 Å². The third-order valence-electron chi connectivity index (χ3n) is 2.55. The lowest BCUT2D eigenvalue weighted by atomic mass is 9.94. The maximum absolute atomic E-state index is 3.71. The van der Waals surface area contributed by atoms with Crippen molar-refractivity contribution < 1.29 is 0 Å². The Kier molecular flexibility index (Phi) is 3.36. The van der Waals surface area contributed by atoms with Crippen LogP contribution in [0.25, 0.3) is 0 Å². The SMILES string of the molecule is CC(C)CC1CN(C)CC(C)(C)N1. The lowest BCUT2D eigenvalue weighted by molar-refractivity contribution is 0.131. The molecule has 13 heavy (non-hydrogen) atoms. The van der Waals surface area contributed by atoms with E-state index in [0.29, 0.717) is 6.04 Å². The van der Waals surface area contributed by atoms with Crippen molar-refractivity contribution in [3.05, 3.63) is 0 Å². The van der Waals surface area contributed by atoms with Crippen LogP contribution in [0.15, 0.2) is 0 Å². The van der Waals surface area contributed by atoms with Crippen molar-refractivity contribution in [3.8, 4) is 0 Å². The summed E-state index contributed by atoms with van der Waals surface area (Å²) in [5.74, 6) is 0.791. The van der Waals surface area contributed by atoms with Crippen molar-refractivity contribution in [2.45, 2.75) is 45.7 Å². The van der Waals surface area contributed by atoms with Crippen LogP contribution in [0.3, 0.4) is 0 Å². The standard InChI is InChI=1S/C11H24N2/c1-9(2)6-10-7-13(5)8-11(3,4)12-10/h9-10,12H,6-8H2,1-5H3. The van der Waals surface area contributed by atoms with Crippen molar-refractivity contribution in [1.82, 2.24) is 10.2 Å². The van der Waals surface area contributed by atoms with Crippen molar-refractivity contribution in [3.63, 3.8) is 0 Å². The smallest absolute Gasteiger partial charge is 0.0255 e. The highest BCUT2D eigenvalue weighted by atomic mass is 15.2. The normalized spacial score (nSPS) is 29.5. The average Bonchev–Trinajstić information content (AvgIpc) is 1.78. The first-order valence-electron chi connectivity index (χ1n) is 5.35. The molecular weight excluding hydrogens is 160 g/mol. The van der Waals surface area contributed by atoms with Crippen LogP contribution in [0.4, 0.5) is 0 Å². The summed E-state index contributed by atoms with van der Waals surface area (Å²) in [7, 11) is 2.22. The van der Waals surface area contributed by atoms with E-state index in [4.69, 9.17) is 0 Å². The maximum Gasteiger partial charge on any atom is 0.0255 e. The number of rotatable bonds is 2. The molecule has 1 aliphatic heterocycles. The predicted molar refractivity (Wildman–Crippen MR) is 58.0 cm³/mol. The average molecular weight is 184 g/mol. The van der Waals surface area contributed by atoms with E-state index in [1.54, 1.807) is 0 Å². The van der Waals surface area contributed by atoms with E-state index in [1.807, 2.05) is 0 Å². The molecule has 78 valence electrons. The van der Waals surface area contributed by atoms with Crippen LogP contribution >= 0.6 is 0 Å². The molecule has 1 atom stereocenters. The van der Waals surface area contributed by atoms with Gasteiger partial charge in [-0.2, -0.15) is 0 Å². The van der Waals surface area contributed by atoms with E-state index in [-0.39, 0.29) is 5.54 Å². The molecule has 2 heteroatoms. The van der Waals surface area contributed by atoms with Gasteiger partial charge in [-0.1, -0.05) is 13.8 Å². The van der Waals surface area contributed by atoms with Crippen LogP contribution < -0.4 is 5.32 Å².